The molecule has 0 aliphatic rings. The van der Waals surface area contributed by atoms with Gasteiger partial charge in [-0.15, -0.1) is 0 Å². The van der Waals surface area contributed by atoms with E-state index in [1.165, 1.54) is 25.3 Å². The summed E-state index contributed by atoms with van der Waals surface area (Å²) in [6, 6.07) is 11.6. The number of H-pyrrole nitrogens is 1. The van der Waals surface area contributed by atoms with Crippen molar-refractivity contribution >= 4 is 5.69 Å². The maximum absolute atomic E-state index is 11.0. The van der Waals surface area contributed by atoms with Crippen LogP contribution in [0.3, 0.4) is 0 Å². The monoisotopic (exact) mass is 339 g/mol. The molecule has 0 saturated carbocycles. The maximum Gasteiger partial charge on any atom is 0.270 e. The minimum Gasteiger partial charge on any atom is -0.496 e. The number of nitrogens with zero attached hydrogens (tertiary/aromatic N) is 3. The highest BCUT2D eigenvalue weighted by atomic mass is 16.6. The van der Waals surface area contributed by atoms with Crippen LogP contribution in [0.4, 0.5) is 5.69 Å². The smallest absolute Gasteiger partial charge is 0.270 e. The molecule has 3 aromatic rings. The van der Waals surface area contributed by atoms with E-state index < -0.39 is 11.0 Å². The molecule has 0 amide bonds. The average Bonchev–Trinajstić information content (AvgIpc) is 3.11. The van der Waals surface area contributed by atoms with Gasteiger partial charge in [-0.2, -0.15) is 5.10 Å². The number of nitro benzene ring substituents is 1. The quantitative estimate of drug-likeness (QED) is 0.545. The Kier molecular flexibility index (Phi) is 4.44. The minimum atomic E-state index is -0.480. The number of aryl methyl sites for hydroxylation is 1. The third-order valence-corrected chi connectivity index (χ3v) is 3.87. The second kappa shape index (κ2) is 6.70. The molecule has 3 N–H and O–H groups in total. The Morgan fingerprint density at radius 3 is 2.60 bits per heavy atom. The molecule has 128 valence electrons. The van der Waals surface area contributed by atoms with Gasteiger partial charge in [0, 0.05) is 12.1 Å². The molecule has 1 heterocycles. The van der Waals surface area contributed by atoms with Gasteiger partial charge in [-0.05, 0) is 18.6 Å². The number of aromatic nitrogens is 3. The lowest BCUT2D eigenvalue weighted by molar-refractivity contribution is -0.384. The van der Waals surface area contributed by atoms with Crippen LogP contribution < -0.4 is 10.5 Å². The number of nitro groups is 1. The Balaban J connectivity index is 1.97. The Labute approximate surface area is 143 Å². The third-order valence-electron chi connectivity index (χ3n) is 3.87. The van der Waals surface area contributed by atoms with Crippen LogP contribution in [-0.4, -0.2) is 27.2 Å². The van der Waals surface area contributed by atoms with E-state index in [-0.39, 0.29) is 11.5 Å². The van der Waals surface area contributed by atoms with Gasteiger partial charge in [0.1, 0.15) is 11.6 Å². The van der Waals surface area contributed by atoms with E-state index in [0.29, 0.717) is 17.1 Å². The zero-order valence-electron chi connectivity index (χ0n) is 13.8. The van der Waals surface area contributed by atoms with Crippen LogP contribution in [0.25, 0.3) is 11.4 Å². The zero-order valence-corrected chi connectivity index (χ0v) is 13.8. The van der Waals surface area contributed by atoms with Crippen LogP contribution in [0.15, 0.2) is 42.5 Å². The second-order valence-electron chi connectivity index (χ2n) is 5.57. The van der Waals surface area contributed by atoms with Crippen LogP contribution in [0.1, 0.15) is 23.0 Å². The molecule has 0 spiro atoms. The Morgan fingerprint density at radius 2 is 1.96 bits per heavy atom. The van der Waals surface area contributed by atoms with Crippen molar-refractivity contribution in [1.29, 1.82) is 0 Å². The highest BCUT2D eigenvalue weighted by molar-refractivity contribution is 5.67. The largest absolute Gasteiger partial charge is 0.496 e. The summed E-state index contributed by atoms with van der Waals surface area (Å²) >= 11 is 0. The van der Waals surface area contributed by atoms with Crippen molar-refractivity contribution in [3.8, 4) is 17.1 Å². The molecular formula is C17H17N5O3. The van der Waals surface area contributed by atoms with E-state index in [1.807, 2.05) is 31.2 Å². The molecule has 0 radical (unpaired) electrons. The molecule has 0 fully saturated rings. The number of ether oxygens (including phenoxy) is 1. The van der Waals surface area contributed by atoms with Gasteiger partial charge in [-0.3, -0.25) is 15.2 Å². The Bertz CT molecular complexity index is 905. The fraction of sp³-hybridized carbons (Fsp3) is 0.176. The molecule has 1 atom stereocenters. The lowest BCUT2D eigenvalue weighted by Crippen LogP contribution is -2.13. The predicted octanol–water partition coefficient (Wildman–Crippen LogP) is 2.75. The standard InChI is InChI=1S/C17H17N5O3/c1-10-3-5-11(6-4-10)15(18)17-19-16(20-21-17)13-9-12(22(23)24)7-8-14(13)25-2/h3-9,15H,18H2,1-2H3,(H,19,20,21)/t15-/m1/s1. The average molecular weight is 339 g/mol. The van der Waals surface area contributed by atoms with Gasteiger partial charge >= 0.3 is 0 Å². The first kappa shape index (κ1) is 16.6. The molecule has 0 aliphatic heterocycles. The SMILES string of the molecule is COc1ccc([N+](=O)[O-])cc1-c1n[nH]c([C@H](N)c2ccc(C)cc2)n1. The number of non-ortho nitro benzene ring substituents is 1. The molecule has 3 rings (SSSR count). The number of nitrogens with two attached hydrogens (primary N) is 1. The van der Waals surface area contributed by atoms with Gasteiger partial charge in [0.05, 0.1) is 23.6 Å². The number of benzene rings is 2. The molecule has 25 heavy (non-hydrogen) atoms. The van der Waals surface area contributed by atoms with E-state index >= 15 is 0 Å². The van der Waals surface area contributed by atoms with Gasteiger partial charge in [-0.25, -0.2) is 4.98 Å². The first-order chi connectivity index (χ1) is 12.0. The molecule has 8 nitrogen and oxygen atoms in total. The summed E-state index contributed by atoms with van der Waals surface area (Å²) in [6.45, 7) is 2.00. The Morgan fingerprint density at radius 1 is 1.24 bits per heavy atom. The van der Waals surface area contributed by atoms with Crippen molar-refractivity contribution in [2.24, 2.45) is 5.73 Å². The van der Waals surface area contributed by atoms with Crippen molar-refractivity contribution in [1.82, 2.24) is 15.2 Å². The topological polar surface area (TPSA) is 120 Å². The molecular weight excluding hydrogens is 322 g/mol. The van der Waals surface area contributed by atoms with Crippen LogP contribution in [0, 0.1) is 17.0 Å². The summed E-state index contributed by atoms with van der Waals surface area (Å²) in [5.74, 6) is 1.20. The highest BCUT2D eigenvalue weighted by Crippen LogP contribution is 2.31. The fourth-order valence-corrected chi connectivity index (χ4v) is 2.45. The zero-order chi connectivity index (χ0) is 18.0. The van der Waals surface area contributed by atoms with Gasteiger partial charge in [-0.1, -0.05) is 29.8 Å². The summed E-state index contributed by atoms with van der Waals surface area (Å²) < 4.78 is 5.25. The van der Waals surface area contributed by atoms with Crippen LogP contribution in [-0.2, 0) is 0 Å². The van der Waals surface area contributed by atoms with E-state index in [1.54, 1.807) is 0 Å². The molecule has 8 heteroatoms. The number of hydrogen-bond donors (Lipinski definition) is 2. The fourth-order valence-electron chi connectivity index (χ4n) is 2.45. The normalized spacial score (nSPS) is 12.0. The number of hydrogen-bond acceptors (Lipinski definition) is 6. The first-order valence-corrected chi connectivity index (χ1v) is 7.57. The number of methoxy groups -OCH3 is 1. The lowest BCUT2D eigenvalue weighted by Gasteiger charge is -2.08. The molecule has 2 aromatic carbocycles. The van der Waals surface area contributed by atoms with Crippen molar-refractivity contribution in [2.75, 3.05) is 7.11 Å². The van der Waals surface area contributed by atoms with Crippen molar-refractivity contribution < 1.29 is 9.66 Å². The van der Waals surface area contributed by atoms with E-state index in [4.69, 9.17) is 10.5 Å². The first-order valence-electron chi connectivity index (χ1n) is 7.57. The minimum absolute atomic E-state index is 0.0648. The summed E-state index contributed by atoms with van der Waals surface area (Å²) in [7, 11) is 1.48. The van der Waals surface area contributed by atoms with Crippen LogP contribution in [0.5, 0.6) is 5.75 Å². The molecule has 0 unspecified atom stereocenters. The highest BCUT2D eigenvalue weighted by Gasteiger charge is 2.19. The second-order valence-corrected chi connectivity index (χ2v) is 5.57. The van der Waals surface area contributed by atoms with Gasteiger partial charge < -0.3 is 10.5 Å². The summed E-state index contributed by atoms with van der Waals surface area (Å²) in [5, 5.41) is 18.0. The summed E-state index contributed by atoms with van der Waals surface area (Å²) in [4.78, 5) is 14.9. The third kappa shape index (κ3) is 3.33. The van der Waals surface area contributed by atoms with Crippen LogP contribution in [0.2, 0.25) is 0 Å². The van der Waals surface area contributed by atoms with E-state index in [2.05, 4.69) is 15.2 Å². The molecule has 0 saturated heterocycles. The van der Waals surface area contributed by atoms with E-state index in [9.17, 15) is 10.1 Å². The molecule has 1 aromatic heterocycles. The Hall–Kier alpha value is -3.26. The van der Waals surface area contributed by atoms with E-state index in [0.717, 1.165) is 11.1 Å². The summed E-state index contributed by atoms with van der Waals surface area (Å²) in [6.07, 6.45) is 0. The van der Waals surface area contributed by atoms with Crippen LogP contribution >= 0.6 is 0 Å². The molecule has 0 bridgehead atoms. The summed E-state index contributed by atoms with van der Waals surface area (Å²) in [5.41, 5.74) is 8.62. The number of nitrogens with one attached hydrogen (secondary N) is 1. The van der Waals surface area contributed by atoms with Gasteiger partial charge in [0.25, 0.3) is 5.69 Å². The number of rotatable bonds is 5. The van der Waals surface area contributed by atoms with Crippen molar-refractivity contribution in [2.45, 2.75) is 13.0 Å². The van der Waals surface area contributed by atoms with Crippen molar-refractivity contribution in [3.05, 3.63) is 69.5 Å². The lowest BCUT2D eigenvalue weighted by atomic mass is 10.1. The predicted molar refractivity (Wildman–Crippen MR) is 92.2 cm³/mol. The molecule has 0 aliphatic carbocycles. The van der Waals surface area contributed by atoms with Gasteiger partial charge in [0.2, 0.25) is 0 Å². The number of aromatic amines is 1. The van der Waals surface area contributed by atoms with Gasteiger partial charge in [0.15, 0.2) is 5.82 Å². The van der Waals surface area contributed by atoms with Crippen molar-refractivity contribution in [3.63, 3.8) is 0 Å². The maximum atomic E-state index is 11.0.